The Kier molecular flexibility index (Phi) is 5.25. The van der Waals surface area contributed by atoms with Crippen molar-refractivity contribution in [2.24, 2.45) is 0 Å². The van der Waals surface area contributed by atoms with Crippen LogP contribution in [-0.4, -0.2) is 37.0 Å². The molecule has 3 nitrogen and oxygen atoms in total. The summed E-state index contributed by atoms with van der Waals surface area (Å²) in [6.45, 7) is 1.84. The van der Waals surface area contributed by atoms with Crippen molar-refractivity contribution in [2.45, 2.75) is 12.5 Å². The van der Waals surface area contributed by atoms with Gasteiger partial charge in [-0.05, 0) is 25.1 Å². The highest BCUT2D eigenvalue weighted by Gasteiger charge is 2.24. The summed E-state index contributed by atoms with van der Waals surface area (Å²) in [4.78, 5) is 13.9. The van der Waals surface area contributed by atoms with Gasteiger partial charge in [0, 0.05) is 19.6 Å². The first kappa shape index (κ1) is 14.3. The lowest BCUT2D eigenvalue weighted by Gasteiger charge is -2.24. The topological polar surface area (TPSA) is 32.3 Å². The lowest BCUT2D eigenvalue weighted by atomic mass is 10.1. The van der Waals surface area contributed by atoms with Crippen LogP contribution >= 0.6 is 24.0 Å². The normalized spacial score (nSPS) is 18.6. The van der Waals surface area contributed by atoms with E-state index in [1.165, 1.54) is 0 Å². The van der Waals surface area contributed by atoms with Gasteiger partial charge in [0.1, 0.15) is 0 Å². The zero-order valence-electron chi connectivity index (χ0n) is 9.65. The van der Waals surface area contributed by atoms with Gasteiger partial charge >= 0.3 is 0 Å². The quantitative estimate of drug-likeness (QED) is 0.897. The van der Waals surface area contributed by atoms with Gasteiger partial charge in [-0.3, -0.25) is 4.79 Å². The maximum Gasteiger partial charge on any atom is 0.255 e. The van der Waals surface area contributed by atoms with Crippen molar-refractivity contribution in [3.63, 3.8) is 0 Å². The van der Waals surface area contributed by atoms with Gasteiger partial charge in [0.25, 0.3) is 5.91 Å². The number of halogens is 2. The zero-order chi connectivity index (χ0) is 11.5. The molecule has 1 aromatic rings. The van der Waals surface area contributed by atoms with Crippen molar-refractivity contribution in [3.05, 3.63) is 34.9 Å². The number of benzene rings is 1. The van der Waals surface area contributed by atoms with E-state index in [0.29, 0.717) is 10.6 Å². The summed E-state index contributed by atoms with van der Waals surface area (Å²) < 4.78 is 0. The van der Waals surface area contributed by atoms with Crippen LogP contribution in [-0.2, 0) is 0 Å². The van der Waals surface area contributed by atoms with Gasteiger partial charge in [0.2, 0.25) is 0 Å². The number of hydrogen-bond donors (Lipinski definition) is 1. The molecular weight excluding hydrogens is 259 g/mol. The second-order valence-corrected chi connectivity index (χ2v) is 4.45. The minimum atomic E-state index is -0.000648. The van der Waals surface area contributed by atoms with Gasteiger partial charge in [-0.2, -0.15) is 0 Å². The molecule has 0 saturated carbocycles. The third-order valence-electron chi connectivity index (χ3n) is 3.01. The maximum absolute atomic E-state index is 12.2. The van der Waals surface area contributed by atoms with E-state index >= 15 is 0 Å². The Bertz CT molecular complexity index is 392. The van der Waals surface area contributed by atoms with Gasteiger partial charge in [0.15, 0.2) is 0 Å². The molecule has 0 radical (unpaired) electrons. The van der Waals surface area contributed by atoms with Crippen molar-refractivity contribution in [1.29, 1.82) is 0 Å². The molecule has 94 valence electrons. The Morgan fingerprint density at radius 2 is 2.18 bits per heavy atom. The van der Waals surface area contributed by atoms with Crippen LogP contribution in [0.1, 0.15) is 16.8 Å². The summed E-state index contributed by atoms with van der Waals surface area (Å²) in [5.74, 6) is -0.000648. The number of carbonyl (C=O) groups excluding carboxylic acids is 1. The number of nitrogens with one attached hydrogen (secondary N) is 1. The van der Waals surface area contributed by atoms with E-state index in [-0.39, 0.29) is 24.4 Å². The molecule has 0 aromatic heterocycles. The Hall–Kier alpha value is -0.770. The zero-order valence-corrected chi connectivity index (χ0v) is 11.2. The highest BCUT2D eigenvalue weighted by Crippen LogP contribution is 2.18. The van der Waals surface area contributed by atoms with E-state index in [1.54, 1.807) is 17.0 Å². The lowest BCUT2D eigenvalue weighted by molar-refractivity contribution is 0.0744. The molecule has 0 aliphatic carbocycles. The van der Waals surface area contributed by atoms with Gasteiger partial charge in [-0.15, -0.1) is 12.4 Å². The first-order valence-electron chi connectivity index (χ1n) is 5.42. The number of amides is 1. The Morgan fingerprint density at radius 3 is 2.76 bits per heavy atom. The predicted octanol–water partition coefficient (Wildman–Crippen LogP) is 2.20. The molecule has 1 N–H and O–H groups in total. The molecule has 5 heteroatoms. The highest BCUT2D eigenvalue weighted by atomic mass is 35.5. The average Bonchev–Trinajstić information content (AvgIpc) is 2.81. The van der Waals surface area contributed by atoms with Crippen molar-refractivity contribution in [2.75, 3.05) is 20.1 Å². The SMILES string of the molecule is CN(C(=O)c1ccccc1Cl)[C@H]1CCNC1.Cl. The first-order chi connectivity index (χ1) is 7.70. The molecule has 0 unspecified atom stereocenters. The average molecular weight is 275 g/mol. The summed E-state index contributed by atoms with van der Waals surface area (Å²) in [5, 5.41) is 3.77. The number of hydrogen-bond acceptors (Lipinski definition) is 2. The van der Waals surface area contributed by atoms with E-state index in [2.05, 4.69) is 5.32 Å². The molecule has 1 fully saturated rings. The van der Waals surface area contributed by atoms with Crippen LogP contribution < -0.4 is 5.32 Å². The van der Waals surface area contributed by atoms with Gasteiger partial charge in [-0.25, -0.2) is 0 Å². The van der Waals surface area contributed by atoms with Gasteiger partial charge in [-0.1, -0.05) is 23.7 Å². The van der Waals surface area contributed by atoms with E-state index < -0.39 is 0 Å². The number of rotatable bonds is 2. The van der Waals surface area contributed by atoms with Crippen molar-refractivity contribution in [3.8, 4) is 0 Å². The Morgan fingerprint density at radius 1 is 1.47 bits per heavy atom. The summed E-state index contributed by atoms with van der Waals surface area (Å²) >= 11 is 6.01. The molecular formula is C12H16Cl2N2O. The number of carbonyl (C=O) groups is 1. The Balaban J connectivity index is 0.00000144. The summed E-state index contributed by atoms with van der Waals surface area (Å²) in [6.07, 6.45) is 1.01. The predicted molar refractivity (Wildman–Crippen MR) is 72.1 cm³/mol. The second-order valence-electron chi connectivity index (χ2n) is 4.04. The molecule has 1 amide bonds. The minimum Gasteiger partial charge on any atom is -0.337 e. The smallest absolute Gasteiger partial charge is 0.255 e. The van der Waals surface area contributed by atoms with Crippen LogP contribution in [0.25, 0.3) is 0 Å². The minimum absolute atomic E-state index is 0. The van der Waals surface area contributed by atoms with E-state index in [9.17, 15) is 4.79 Å². The largest absolute Gasteiger partial charge is 0.337 e. The molecule has 1 aromatic carbocycles. The fourth-order valence-electron chi connectivity index (χ4n) is 1.96. The summed E-state index contributed by atoms with van der Waals surface area (Å²) in [5.41, 5.74) is 0.582. The van der Waals surface area contributed by atoms with Crippen LogP contribution in [0.5, 0.6) is 0 Å². The molecule has 1 saturated heterocycles. The van der Waals surface area contributed by atoms with E-state index in [4.69, 9.17) is 11.6 Å². The second kappa shape index (κ2) is 6.24. The van der Waals surface area contributed by atoms with Gasteiger partial charge in [0.05, 0.1) is 10.6 Å². The summed E-state index contributed by atoms with van der Waals surface area (Å²) in [7, 11) is 1.84. The molecule has 0 spiro atoms. The highest BCUT2D eigenvalue weighted by molar-refractivity contribution is 6.33. The number of likely N-dealkylation sites (N-methyl/N-ethyl adjacent to an activating group) is 1. The Labute approximate surface area is 113 Å². The molecule has 1 atom stereocenters. The van der Waals surface area contributed by atoms with Crippen LogP contribution in [0.4, 0.5) is 0 Å². The molecule has 17 heavy (non-hydrogen) atoms. The third kappa shape index (κ3) is 3.12. The maximum atomic E-state index is 12.2. The standard InChI is InChI=1S/C12H15ClN2O.ClH/c1-15(9-6-7-14-8-9)12(16)10-4-2-3-5-11(10)13;/h2-5,9,14H,6-8H2,1H3;1H/t9-;/m0./s1. The van der Waals surface area contributed by atoms with E-state index in [1.807, 2.05) is 19.2 Å². The van der Waals surface area contributed by atoms with Crippen molar-refractivity contribution >= 4 is 29.9 Å². The molecule has 2 rings (SSSR count). The van der Waals surface area contributed by atoms with Gasteiger partial charge < -0.3 is 10.2 Å². The number of nitrogens with zero attached hydrogens (tertiary/aromatic N) is 1. The summed E-state index contributed by atoms with van der Waals surface area (Å²) in [6, 6.07) is 7.46. The van der Waals surface area contributed by atoms with E-state index in [0.717, 1.165) is 19.5 Å². The fourth-order valence-corrected chi connectivity index (χ4v) is 2.18. The molecule has 1 heterocycles. The monoisotopic (exact) mass is 274 g/mol. The molecule has 1 aliphatic heterocycles. The van der Waals surface area contributed by atoms with Crippen LogP contribution in [0.2, 0.25) is 5.02 Å². The fraction of sp³-hybridized carbons (Fsp3) is 0.417. The van der Waals surface area contributed by atoms with Crippen LogP contribution in [0, 0.1) is 0 Å². The molecule has 1 aliphatic rings. The van der Waals surface area contributed by atoms with Crippen LogP contribution in [0.15, 0.2) is 24.3 Å². The first-order valence-corrected chi connectivity index (χ1v) is 5.80. The van der Waals surface area contributed by atoms with Crippen molar-refractivity contribution in [1.82, 2.24) is 10.2 Å². The van der Waals surface area contributed by atoms with Crippen LogP contribution in [0.3, 0.4) is 0 Å². The third-order valence-corrected chi connectivity index (χ3v) is 3.34. The van der Waals surface area contributed by atoms with Crippen molar-refractivity contribution < 1.29 is 4.79 Å². The lowest BCUT2D eigenvalue weighted by Crippen LogP contribution is -2.38. The molecule has 0 bridgehead atoms.